The van der Waals surface area contributed by atoms with Gasteiger partial charge in [-0.05, 0) is 121 Å². The van der Waals surface area contributed by atoms with Crippen LogP contribution in [0.3, 0.4) is 0 Å². The number of fused-ring (bicyclic) bond motifs is 13. The maximum atomic E-state index is 2.55. The van der Waals surface area contributed by atoms with Crippen LogP contribution < -0.4 is 4.90 Å². The molecule has 12 rings (SSSR count). The highest BCUT2D eigenvalue weighted by Gasteiger charge is 2.52. The first-order valence-corrected chi connectivity index (χ1v) is 21.1. The van der Waals surface area contributed by atoms with E-state index >= 15 is 0 Å². The van der Waals surface area contributed by atoms with E-state index in [4.69, 9.17) is 0 Å². The lowest BCUT2D eigenvalue weighted by Gasteiger charge is -2.43. The third-order valence-corrected chi connectivity index (χ3v) is 14.2. The third kappa shape index (κ3) is 4.61. The molecule has 3 aliphatic rings. The second-order valence-corrected chi connectivity index (χ2v) is 17.5. The monoisotopic (exact) mass is 757 g/mol. The molecule has 0 amide bonds. The van der Waals surface area contributed by atoms with E-state index in [1.807, 2.05) is 11.8 Å². The molecule has 2 heteroatoms. The summed E-state index contributed by atoms with van der Waals surface area (Å²) in [5.74, 6) is 0. The Morgan fingerprint density at radius 1 is 0.379 bits per heavy atom. The first kappa shape index (κ1) is 33.5. The standard InChI is InChI=1S/C56H39NS/c1-55(2)46-22-11-8-19-42(46)45-32-31-41(35-49(45)55)57(40-29-27-37(28-30-40)36-15-4-3-5-16-36)51-25-14-26-52-54(51)56(50-33-38-17-6-7-18-39(38)34-53(50)58-52)47-23-12-9-20-43(47)44-21-10-13-24-48(44)56/h3-35H,1-2H3. The van der Waals surface area contributed by atoms with Crippen LogP contribution in [-0.2, 0) is 10.8 Å². The molecule has 0 radical (unpaired) electrons. The summed E-state index contributed by atoms with van der Waals surface area (Å²) >= 11 is 1.91. The Labute approximate surface area is 344 Å². The lowest BCUT2D eigenvalue weighted by Crippen LogP contribution is -2.34. The fraction of sp³-hybridized carbons (Fsp3) is 0.0714. The number of nitrogens with zero attached hydrogens (tertiary/aromatic N) is 1. The highest BCUT2D eigenvalue weighted by Crippen LogP contribution is 2.65. The lowest BCUT2D eigenvalue weighted by atomic mass is 9.66. The van der Waals surface area contributed by atoms with E-state index in [1.54, 1.807) is 0 Å². The molecule has 1 nitrogen and oxygen atoms in total. The molecule has 0 saturated heterocycles. The minimum absolute atomic E-state index is 0.138. The van der Waals surface area contributed by atoms with Crippen LogP contribution in [0.4, 0.5) is 17.1 Å². The normalized spacial score (nSPS) is 14.6. The summed E-state index contributed by atoms with van der Waals surface area (Å²) in [5, 5.41) is 2.53. The third-order valence-electron chi connectivity index (χ3n) is 13.1. The summed E-state index contributed by atoms with van der Waals surface area (Å²) in [6, 6.07) is 75.1. The molecule has 0 fully saturated rings. The second-order valence-electron chi connectivity index (χ2n) is 16.4. The van der Waals surface area contributed by atoms with Gasteiger partial charge in [0.2, 0.25) is 0 Å². The van der Waals surface area contributed by atoms with Gasteiger partial charge in [0, 0.05) is 32.1 Å². The summed E-state index contributed by atoms with van der Waals surface area (Å²) in [4.78, 5) is 5.14. The van der Waals surface area contributed by atoms with Crippen LogP contribution in [0.1, 0.15) is 47.2 Å². The van der Waals surface area contributed by atoms with Crippen molar-refractivity contribution in [1.82, 2.24) is 0 Å². The Bertz CT molecular complexity index is 3080. The molecule has 0 bridgehead atoms. The van der Waals surface area contributed by atoms with E-state index in [9.17, 15) is 0 Å². The van der Waals surface area contributed by atoms with Gasteiger partial charge in [0.05, 0.1) is 11.1 Å². The van der Waals surface area contributed by atoms with Crippen molar-refractivity contribution in [2.45, 2.75) is 34.5 Å². The summed E-state index contributed by atoms with van der Waals surface area (Å²) < 4.78 is 0. The largest absolute Gasteiger partial charge is 0.310 e. The molecule has 0 unspecified atom stereocenters. The van der Waals surface area contributed by atoms with Gasteiger partial charge in [-0.25, -0.2) is 0 Å². The average Bonchev–Trinajstić information content (AvgIpc) is 3.69. The van der Waals surface area contributed by atoms with Gasteiger partial charge in [0.15, 0.2) is 0 Å². The molecule has 0 saturated carbocycles. The topological polar surface area (TPSA) is 3.24 Å². The van der Waals surface area contributed by atoms with Gasteiger partial charge >= 0.3 is 0 Å². The van der Waals surface area contributed by atoms with Crippen molar-refractivity contribution in [2.75, 3.05) is 4.90 Å². The molecular weight excluding hydrogens is 719 g/mol. The average molecular weight is 758 g/mol. The molecule has 0 aromatic heterocycles. The molecule has 0 N–H and O–H groups in total. The summed E-state index contributed by atoms with van der Waals surface area (Å²) in [6.45, 7) is 4.76. The molecular formula is C56H39NS. The summed E-state index contributed by atoms with van der Waals surface area (Å²) in [7, 11) is 0. The Kier molecular flexibility index (Phi) is 7.19. The first-order valence-electron chi connectivity index (χ1n) is 20.3. The van der Waals surface area contributed by atoms with Gasteiger partial charge in [-0.1, -0.05) is 177 Å². The van der Waals surface area contributed by atoms with Crippen LogP contribution in [0, 0.1) is 0 Å². The number of rotatable bonds is 4. The van der Waals surface area contributed by atoms with Crippen molar-refractivity contribution >= 4 is 39.6 Å². The molecule has 1 aliphatic heterocycles. The summed E-state index contributed by atoms with van der Waals surface area (Å²) in [5.41, 5.74) is 18.6. The molecule has 9 aromatic carbocycles. The van der Waals surface area contributed by atoms with E-state index in [0.29, 0.717) is 0 Å². The molecule has 9 aromatic rings. The van der Waals surface area contributed by atoms with E-state index < -0.39 is 5.41 Å². The van der Waals surface area contributed by atoms with Crippen molar-refractivity contribution in [3.8, 4) is 33.4 Å². The molecule has 58 heavy (non-hydrogen) atoms. The quantitative estimate of drug-likeness (QED) is 0.176. The fourth-order valence-corrected chi connectivity index (χ4v) is 11.8. The van der Waals surface area contributed by atoms with Crippen LogP contribution in [0.25, 0.3) is 44.2 Å². The van der Waals surface area contributed by atoms with Gasteiger partial charge in [-0.3, -0.25) is 0 Å². The summed E-state index contributed by atoms with van der Waals surface area (Å²) in [6.07, 6.45) is 0. The van der Waals surface area contributed by atoms with Gasteiger partial charge in [0.25, 0.3) is 0 Å². The maximum Gasteiger partial charge on any atom is 0.0756 e. The van der Waals surface area contributed by atoms with Gasteiger partial charge in [0.1, 0.15) is 0 Å². The van der Waals surface area contributed by atoms with Crippen LogP contribution in [0.15, 0.2) is 210 Å². The number of anilines is 3. The predicted molar refractivity (Wildman–Crippen MR) is 243 cm³/mol. The van der Waals surface area contributed by atoms with E-state index in [0.717, 1.165) is 11.4 Å². The maximum absolute atomic E-state index is 2.55. The smallest absolute Gasteiger partial charge is 0.0756 e. The zero-order valence-corrected chi connectivity index (χ0v) is 33.2. The minimum Gasteiger partial charge on any atom is -0.310 e. The number of hydrogen-bond acceptors (Lipinski definition) is 2. The Morgan fingerprint density at radius 3 is 1.64 bits per heavy atom. The van der Waals surface area contributed by atoms with E-state index in [2.05, 4.69) is 219 Å². The van der Waals surface area contributed by atoms with Crippen LogP contribution >= 0.6 is 11.8 Å². The predicted octanol–water partition coefficient (Wildman–Crippen LogP) is 15.1. The van der Waals surface area contributed by atoms with Crippen molar-refractivity contribution in [2.24, 2.45) is 0 Å². The van der Waals surface area contributed by atoms with Gasteiger partial charge < -0.3 is 4.90 Å². The van der Waals surface area contributed by atoms with Crippen molar-refractivity contribution in [1.29, 1.82) is 0 Å². The molecule has 274 valence electrons. The molecule has 0 atom stereocenters. The molecule has 1 heterocycles. The molecule has 2 aliphatic carbocycles. The Morgan fingerprint density at radius 2 is 0.931 bits per heavy atom. The van der Waals surface area contributed by atoms with Crippen molar-refractivity contribution in [3.05, 3.63) is 234 Å². The fourth-order valence-electron chi connectivity index (χ4n) is 10.5. The highest BCUT2D eigenvalue weighted by atomic mass is 32.2. The van der Waals surface area contributed by atoms with E-state index in [1.165, 1.54) is 93.0 Å². The molecule has 1 spiro atoms. The zero-order valence-electron chi connectivity index (χ0n) is 32.4. The van der Waals surface area contributed by atoms with Crippen LogP contribution in [-0.4, -0.2) is 0 Å². The van der Waals surface area contributed by atoms with Crippen LogP contribution in [0.2, 0.25) is 0 Å². The minimum atomic E-state index is -0.557. The number of hydrogen-bond donors (Lipinski definition) is 0. The van der Waals surface area contributed by atoms with E-state index in [-0.39, 0.29) is 5.41 Å². The zero-order chi connectivity index (χ0) is 38.6. The van der Waals surface area contributed by atoms with Gasteiger partial charge in [-0.2, -0.15) is 0 Å². The number of benzene rings is 9. The van der Waals surface area contributed by atoms with Crippen LogP contribution in [0.5, 0.6) is 0 Å². The SMILES string of the molecule is CC1(C)c2ccccc2-c2ccc(N(c3ccc(-c4ccccc4)cc3)c3cccc4c3C3(c5cc6ccccc6cc5S4)c4ccccc4-c4ccccc43)cc21. The Hall–Kier alpha value is -6.61. The van der Waals surface area contributed by atoms with Crippen molar-refractivity contribution in [3.63, 3.8) is 0 Å². The lowest BCUT2D eigenvalue weighted by molar-refractivity contribution is 0.660. The highest BCUT2D eigenvalue weighted by molar-refractivity contribution is 7.99. The Balaban J connectivity index is 1.17. The van der Waals surface area contributed by atoms with Crippen molar-refractivity contribution < 1.29 is 0 Å². The second kappa shape index (κ2) is 12.4. The first-order chi connectivity index (χ1) is 28.5. The van der Waals surface area contributed by atoms with Gasteiger partial charge in [-0.15, -0.1) is 0 Å².